The average molecular weight is 344 g/mol. The molecule has 128 valence electrons. The Morgan fingerprint density at radius 2 is 2.04 bits per heavy atom. The van der Waals surface area contributed by atoms with Gasteiger partial charge in [-0.15, -0.1) is 11.8 Å². The summed E-state index contributed by atoms with van der Waals surface area (Å²) in [4.78, 5) is 18.9. The molecule has 4 nitrogen and oxygen atoms in total. The van der Waals surface area contributed by atoms with Crippen LogP contribution < -0.4 is 0 Å². The van der Waals surface area contributed by atoms with Crippen molar-refractivity contribution < 1.29 is 9.53 Å². The Morgan fingerprint density at radius 1 is 1.21 bits per heavy atom. The molecule has 1 aliphatic rings. The van der Waals surface area contributed by atoms with E-state index in [1.54, 1.807) is 11.8 Å². The van der Waals surface area contributed by atoms with Crippen molar-refractivity contribution in [2.24, 2.45) is 0 Å². The SMILES string of the molecule is CCCCOCCCN1C(=O)CSC1c1ccc2ccccc2n1. The topological polar surface area (TPSA) is 42.4 Å². The van der Waals surface area contributed by atoms with Gasteiger partial charge in [-0.3, -0.25) is 4.79 Å². The molecule has 1 fully saturated rings. The van der Waals surface area contributed by atoms with Crippen LogP contribution in [0.2, 0.25) is 0 Å². The van der Waals surface area contributed by atoms with E-state index in [1.165, 1.54) is 0 Å². The molecule has 0 spiro atoms. The Labute approximate surface area is 147 Å². The van der Waals surface area contributed by atoms with Crippen molar-refractivity contribution in [3.05, 3.63) is 42.1 Å². The lowest BCUT2D eigenvalue weighted by Crippen LogP contribution is -2.30. The van der Waals surface area contributed by atoms with E-state index in [2.05, 4.69) is 19.1 Å². The second kappa shape index (κ2) is 8.49. The summed E-state index contributed by atoms with van der Waals surface area (Å²) >= 11 is 1.67. The van der Waals surface area contributed by atoms with Crippen molar-refractivity contribution in [1.29, 1.82) is 0 Å². The average Bonchev–Trinajstić information content (AvgIpc) is 2.98. The quantitative estimate of drug-likeness (QED) is 0.679. The molecule has 2 aromatic rings. The number of amides is 1. The largest absolute Gasteiger partial charge is 0.381 e. The maximum atomic E-state index is 12.2. The highest BCUT2D eigenvalue weighted by molar-refractivity contribution is 8.00. The summed E-state index contributed by atoms with van der Waals surface area (Å²) in [6, 6.07) is 12.2. The summed E-state index contributed by atoms with van der Waals surface area (Å²) in [6.07, 6.45) is 3.12. The highest BCUT2D eigenvalue weighted by atomic mass is 32.2. The Kier molecular flexibility index (Phi) is 6.10. The lowest BCUT2D eigenvalue weighted by molar-refractivity contribution is -0.128. The molecule has 2 heterocycles. The first-order chi connectivity index (χ1) is 11.8. The first-order valence-electron chi connectivity index (χ1n) is 8.64. The smallest absolute Gasteiger partial charge is 0.233 e. The fourth-order valence-corrected chi connectivity index (χ4v) is 4.02. The van der Waals surface area contributed by atoms with Crippen LogP contribution in [0.15, 0.2) is 36.4 Å². The van der Waals surface area contributed by atoms with Crippen LogP contribution in [0, 0.1) is 0 Å². The van der Waals surface area contributed by atoms with Crippen molar-refractivity contribution in [1.82, 2.24) is 9.88 Å². The van der Waals surface area contributed by atoms with E-state index in [4.69, 9.17) is 9.72 Å². The monoisotopic (exact) mass is 344 g/mol. The van der Waals surface area contributed by atoms with E-state index in [0.717, 1.165) is 49.0 Å². The highest BCUT2D eigenvalue weighted by Crippen LogP contribution is 2.38. The molecule has 0 bridgehead atoms. The van der Waals surface area contributed by atoms with E-state index in [0.29, 0.717) is 12.4 Å². The second-order valence-electron chi connectivity index (χ2n) is 6.00. The number of pyridine rings is 1. The standard InChI is InChI=1S/C19H24N2O2S/c1-2-3-12-23-13-6-11-21-18(22)14-24-19(21)17-10-9-15-7-4-5-8-16(15)20-17/h4-5,7-10,19H,2-3,6,11-14H2,1H3. The fourth-order valence-electron chi connectivity index (χ4n) is 2.85. The third kappa shape index (κ3) is 4.08. The fraction of sp³-hybridized carbons (Fsp3) is 0.474. The molecule has 1 saturated heterocycles. The van der Waals surface area contributed by atoms with Crippen LogP contribution >= 0.6 is 11.8 Å². The molecule has 0 radical (unpaired) electrons. The van der Waals surface area contributed by atoms with E-state index in [1.807, 2.05) is 29.2 Å². The summed E-state index contributed by atoms with van der Waals surface area (Å²) < 4.78 is 5.61. The van der Waals surface area contributed by atoms with Crippen molar-refractivity contribution in [2.75, 3.05) is 25.5 Å². The Morgan fingerprint density at radius 3 is 2.92 bits per heavy atom. The van der Waals surface area contributed by atoms with Gasteiger partial charge >= 0.3 is 0 Å². The Balaban J connectivity index is 1.63. The minimum atomic E-state index is 0.0257. The molecule has 0 aliphatic carbocycles. The van der Waals surface area contributed by atoms with E-state index >= 15 is 0 Å². The lowest BCUT2D eigenvalue weighted by atomic mass is 10.2. The second-order valence-corrected chi connectivity index (χ2v) is 7.07. The van der Waals surface area contributed by atoms with Crippen LogP contribution in [-0.2, 0) is 9.53 Å². The van der Waals surface area contributed by atoms with Crippen molar-refractivity contribution in [2.45, 2.75) is 31.6 Å². The Hall–Kier alpha value is -1.59. The maximum absolute atomic E-state index is 12.2. The number of carbonyl (C=O) groups excluding carboxylic acids is 1. The normalized spacial score (nSPS) is 17.8. The first-order valence-corrected chi connectivity index (χ1v) is 9.69. The molecule has 1 aliphatic heterocycles. The molecule has 1 unspecified atom stereocenters. The van der Waals surface area contributed by atoms with Gasteiger partial charge in [0, 0.05) is 25.1 Å². The zero-order valence-electron chi connectivity index (χ0n) is 14.1. The summed E-state index contributed by atoms with van der Waals surface area (Å²) in [5, 5.41) is 1.16. The van der Waals surface area contributed by atoms with Gasteiger partial charge in [0.05, 0.1) is 17.0 Å². The molecular formula is C19H24N2O2S. The summed E-state index contributed by atoms with van der Waals surface area (Å²) in [5.41, 5.74) is 1.95. The van der Waals surface area contributed by atoms with Crippen LogP contribution in [0.5, 0.6) is 0 Å². The summed E-state index contributed by atoms with van der Waals surface area (Å²) in [6.45, 7) is 4.42. The van der Waals surface area contributed by atoms with Crippen molar-refractivity contribution in [3.63, 3.8) is 0 Å². The minimum absolute atomic E-state index is 0.0257. The number of hydrogen-bond donors (Lipinski definition) is 0. The molecule has 5 heteroatoms. The van der Waals surface area contributed by atoms with Gasteiger partial charge in [0.15, 0.2) is 0 Å². The van der Waals surface area contributed by atoms with Gasteiger partial charge in [-0.25, -0.2) is 4.98 Å². The predicted octanol–water partition coefficient (Wildman–Crippen LogP) is 4.02. The number of aromatic nitrogens is 1. The van der Waals surface area contributed by atoms with Gasteiger partial charge in [-0.1, -0.05) is 37.6 Å². The third-order valence-electron chi connectivity index (χ3n) is 4.17. The van der Waals surface area contributed by atoms with Crippen LogP contribution in [0.1, 0.15) is 37.3 Å². The van der Waals surface area contributed by atoms with Crippen LogP contribution in [0.3, 0.4) is 0 Å². The maximum Gasteiger partial charge on any atom is 0.233 e. The molecule has 1 atom stereocenters. The predicted molar refractivity (Wildman–Crippen MR) is 99.0 cm³/mol. The van der Waals surface area contributed by atoms with Crippen molar-refractivity contribution >= 4 is 28.6 Å². The number of carbonyl (C=O) groups is 1. The number of rotatable bonds is 8. The molecule has 1 aromatic heterocycles. The van der Waals surface area contributed by atoms with Gasteiger partial charge in [0.2, 0.25) is 5.91 Å². The number of fused-ring (bicyclic) bond motifs is 1. The van der Waals surface area contributed by atoms with Crippen LogP contribution in [0.25, 0.3) is 10.9 Å². The Bertz CT molecular complexity index is 692. The number of nitrogens with zero attached hydrogens (tertiary/aromatic N) is 2. The first kappa shape index (κ1) is 17.2. The molecule has 0 N–H and O–H groups in total. The van der Waals surface area contributed by atoms with Crippen LogP contribution in [-0.4, -0.2) is 41.3 Å². The number of benzene rings is 1. The number of ether oxygens (including phenoxy) is 1. The van der Waals surface area contributed by atoms with E-state index in [9.17, 15) is 4.79 Å². The van der Waals surface area contributed by atoms with Crippen LogP contribution in [0.4, 0.5) is 0 Å². The molecule has 3 rings (SSSR count). The zero-order chi connectivity index (χ0) is 16.8. The minimum Gasteiger partial charge on any atom is -0.381 e. The number of unbranched alkanes of at least 4 members (excludes halogenated alkanes) is 1. The van der Waals surface area contributed by atoms with E-state index < -0.39 is 0 Å². The molecule has 0 saturated carbocycles. The zero-order valence-corrected chi connectivity index (χ0v) is 14.9. The number of thioether (sulfide) groups is 1. The third-order valence-corrected chi connectivity index (χ3v) is 5.40. The molecular weight excluding hydrogens is 320 g/mol. The lowest BCUT2D eigenvalue weighted by Gasteiger charge is -2.23. The number of para-hydroxylation sites is 1. The van der Waals surface area contributed by atoms with Gasteiger partial charge in [0.25, 0.3) is 0 Å². The van der Waals surface area contributed by atoms with Gasteiger partial charge in [-0.2, -0.15) is 0 Å². The summed E-state index contributed by atoms with van der Waals surface area (Å²) in [5.74, 6) is 0.740. The van der Waals surface area contributed by atoms with Crippen molar-refractivity contribution in [3.8, 4) is 0 Å². The molecule has 1 aromatic carbocycles. The van der Waals surface area contributed by atoms with Gasteiger partial charge in [0.1, 0.15) is 5.37 Å². The molecule has 1 amide bonds. The highest BCUT2D eigenvalue weighted by Gasteiger charge is 2.33. The van der Waals surface area contributed by atoms with E-state index in [-0.39, 0.29) is 11.3 Å². The van der Waals surface area contributed by atoms with Gasteiger partial charge in [-0.05, 0) is 25.0 Å². The van der Waals surface area contributed by atoms with Gasteiger partial charge < -0.3 is 9.64 Å². The molecule has 24 heavy (non-hydrogen) atoms. The number of hydrogen-bond acceptors (Lipinski definition) is 4. The summed E-state index contributed by atoms with van der Waals surface area (Å²) in [7, 11) is 0.